The standard InChI is InChI=1S/C17H25N3O5S/c1-12-4-3-6-20(9-12)26(24,25)14-8-15(18(2)11-14)16(21)19-7-5-13(10-19)17(22)23/h8,11-13H,3-7,9-10H2,1-2H3,(H,22,23). The van der Waals surface area contributed by atoms with Crippen LogP contribution >= 0.6 is 0 Å². The zero-order chi connectivity index (χ0) is 19.1. The minimum absolute atomic E-state index is 0.117. The summed E-state index contributed by atoms with van der Waals surface area (Å²) in [7, 11) is -2.00. The number of sulfonamides is 1. The van der Waals surface area contributed by atoms with Gasteiger partial charge in [0.1, 0.15) is 10.6 Å². The van der Waals surface area contributed by atoms with Crippen LogP contribution in [0.15, 0.2) is 17.2 Å². The molecule has 0 saturated carbocycles. The fraction of sp³-hybridized carbons (Fsp3) is 0.647. The van der Waals surface area contributed by atoms with Crippen molar-refractivity contribution in [3.63, 3.8) is 0 Å². The maximum Gasteiger partial charge on any atom is 0.308 e. The number of carbonyl (C=O) groups excluding carboxylic acids is 1. The summed E-state index contributed by atoms with van der Waals surface area (Å²) in [5.41, 5.74) is 0.264. The summed E-state index contributed by atoms with van der Waals surface area (Å²) in [4.78, 5) is 25.4. The molecule has 2 aliphatic rings. The van der Waals surface area contributed by atoms with Gasteiger partial charge in [0.05, 0.1) is 5.92 Å². The van der Waals surface area contributed by atoms with Gasteiger partial charge in [0.15, 0.2) is 0 Å². The lowest BCUT2D eigenvalue weighted by molar-refractivity contribution is -0.141. The minimum atomic E-state index is -3.63. The fourth-order valence-electron chi connectivity index (χ4n) is 3.71. The molecule has 1 aromatic rings. The molecule has 2 atom stereocenters. The number of carboxylic acids is 1. The third kappa shape index (κ3) is 3.50. The Balaban J connectivity index is 1.81. The second-order valence-corrected chi connectivity index (χ2v) is 9.30. The Morgan fingerprint density at radius 1 is 1.19 bits per heavy atom. The van der Waals surface area contributed by atoms with Gasteiger partial charge in [-0.1, -0.05) is 6.92 Å². The fourth-order valence-corrected chi connectivity index (χ4v) is 5.38. The maximum absolute atomic E-state index is 12.9. The number of carbonyl (C=O) groups is 2. The van der Waals surface area contributed by atoms with E-state index < -0.39 is 21.9 Å². The summed E-state index contributed by atoms with van der Waals surface area (Å²) in [6, 6.07) is 1.41. The number of aromatic nitrogens is 1. The molecule has 3 heterocycles. The van der Waals surface area contributed by atoms with Crippen LogP contribution in [0, 0.1) is 11.8 Å². The van der Waals surface area contributed by atoms with Crippen LogP contribution in [0.3, 0.4) is 0 Å². The molecule has 2 unspecified atom stereocenters. The molecule has 1 N–H and O–H groups in total. The Morgan fingerprint density at radius 2 is 1.92 bits per heavy atom. The Kier molecular flexibility index (Phi) is 5.12. The number of amides is 1. The van der Waals surface area contributed by atoms with Crippen molar-refractivity contribution in [1.82, 2.24) is 13.8 Å². The van der Waals surface area contributed by atoms with Crippen molar-refractivity contribution in [3.8, 4) is 0 Å². The van der Waals surface area contributed by atoms with Crippen LogP contribution < -0.4 is 0 Å². The summed E-state index contributed by atoms with van der Waals surface area (Å²) >= 11 is 0. The van der Waals surface area contributed by atoms with Crippen LogP contribution in [0.25, 0.3) is 0 Å². The molecule has 1 amide bonds. The SMILES string of the molecule is CC1CCCN(S(=O)(=O)c2cc(C(=O)N3CCC(C(=O)O)C3)n(C)c2)C1. The van der Waals surface area contributed by atoms with Gasteiger partial charge in [-0.25, -0.2) is 8.42 Å². The summed E-state index contributed by atoms with van der Waals surface area (Å²) in [6.07, 6.45) is 3.74. The highest BCUT2D eigenvalue weighted by Crippen LogP contribution is 2.26. The van der Waals surface area contributed by atoms with E-state index in [1.54, 1.807) is 7.05 Å². The molecule has 9 heteroatoms. The van der Waals surface area contributed by atoms with Crippen molar-refractivity contribution in [2.45, 2.75) is 31.1 Å². The van der Waals surface area contributed by atoms with E-state index in [2.05, 4.69) is 0 Å². The molecule has 0 aromatic carbocycles. The number of piperidine rings is 1. The average molecular weight is 383 g/mol. The number of aliphatic carboxylic acids is 1. The largest absolute Gasteiger partial charge is 0.481 e. The van der Waals surface area contributed by atoms with Crippen molar-refractivity contribution >= 4 is 21.9 Å². The van der Waals surface area contributed by atoms with Crippen molar-refractivity contribution in [2.24, 2.45) is 18.9 Å². The first-order chi connectivity index (χ1) is 12.2. The zero-order valence-electron chi connectivity index (χ0n) is 15.1. The van der Waals surface area contributed by atoms with E-state index in [0.717, 1.165) is 12.8 Å². The number of likely N-dealkylation sites (tertiary alicyclic amines) is 1. The number of carboxylic acid groups (broad SMARTS) is 1. The Bertz CT molecular complexity index is 816. The number of hydrogen-bond donors (Lipinski definition) is 1. The highest BCUT2D eigenvalue weighted by Gasteiger charge is 2.34. The van der Waals surface area contributed by atoms with Gasteiger partial charge in [-0.15, -0.1) is 0 Å². The summed E-state index contributed by atoms with van der Waals surface area (Å²) in [5.74, 6) is -1.47. The second kappa shape index (κ2) is 7.03. The van der Waals surface area contributed by atoms with Crippen molar-refractivity contribution in [2.75, 3.05) is 26.2 Å². The van der Waals surface area contributed by atoms with Gasteiger partial charge >= 0.3 is 5.97 Å². The molecule has 0 radical (unpaired) electrons. The van der Waals surface area contributed by atoms with Gasteiger partial charge in [0, 0.05) is 39.4 Å². The normalized spacial score (nSPS) is 24.8. The molecule has 1 aromatic heterocycles. The third-order valence-electron chi connectivity index (χ3n) is 5.28. The van der Waals surface area contributed by atoms with Gasteiger partial charge in [-0.05, 0) is 31.2 Å². The van der Waals surface area contributed by atoms with E-state index >= 15 is 0 Å². The highest BCUT2D eigenvalue weighted by molar-refractivity contribution is 7.89. The molecule has 8 nitrogen and oxygen atoms in total. The van der Waals surface area contributed by atoms with Crippen LogP contribution in [0.2, 0.25) is 0 Å². The van der Waals surface area contributed by atoms with E-state index in [1.807, 2.05) is 6.92 Å². The Hall–Kier alpha value is -1.87. The van der Waals surface area contributed by atoms with E-state index in [4.69, 9.17) is 5.11 Å². The van der Waals surface area contributed by atoms with Crippen molar-refractivity contribution in [3.05, 3.63) is 18.0 Å². The molecule has 2 fully saturated rings. The van der Waals surface area contributed by atoms with Gasteiger partial charge in [-0.2, -0.15) is 4.31 Å². The second-order valence-electron chi connectivity index (χ2n) is 7.36. The molecular weight excluding hydrogens is 358 g/mol. The summed E-state index contributed by atoms with van der Waals surface area (Å²) < 4.78 is 28.8. The quantitative estimate of drug-likeness (QED) is 0.836. The molecule has 0 spiro atoms. The first-order valence-corrected chi connectivity index (χ1v) is 10.3. The van der Waals surface area contributed by atoms with E-state index in [1.165, 1.54) is 26.0 Å². The number of nitrogens with zero attached hydrogens (tertiary/aromatic N) is 3. The molecule has 2 saturated heterocycles. The smallest absolute Gasteiger partial charge is 0.308 e. The van der Waals surface area contributed by atoms with E-state index in [-0.39, 0.29) is 23.0 Å². The molecule has 2 aliphatic heterocycles. The number of hydrogen-bond acceptors (Lipinski definition) is 4. The average Bonchev–Trinajstić information content (AvgIpc) is 3.21. The molecular formula is C17H25N3O5S. The predicted molar refractivity (Wildman–Crippen MR) is 94.2 cm³/mol. The van der Waals surface area contributed by atoms with Crippen LogP contribution in [-0.4, -0.2) is 65.4 Å². The van der Waals surface area contributed by atoms with Gasteiger partial charge in [-0.3, -0.25) is 9.59 Å². The Labute approximate surface area is 153 Å². The summed E-state index contributed by atoms with van der Waals surface area (Å²) in [5, 5.41) is 9.09. The number of rotatable bonds is 4. The summed E-state index contributed by atoms with van der Waals surface area (Å²) in [6.45, 7) is 3.55. The van der Waals surface area contributed by atoms with Gasteiger partial charge in [0.25, 0.3) is 5.91 Å². The van der Waals surface area contributed by atoms with E-state index in [9.17, 15) is 18.0 Å². The first kappa shape index (κ1) is 18.9. The van der Waals surface area contributed by atoms with Gasteiger partial charge < -0.3 is 14.6 Å². The highest BCUT2D eigenvalue weighted by atomic mass is 32.2. The molecule has 0 aliphatic carbocycles. The third-order valence-corrected chi connectivity index (χ3v) is 7.11. The lowest BCUT2D eigenvalue weighted by Gasteiger charge is -2.29. The van der Waals surface area contributed by atoms with Crippen LogP contribution in [0.5, 0.6) is 0 Å². The Morgan fingerprint density at radius 3 is 2.54 bits per heavy atom. The van der Waals surface area contributed by atoms with Gasteiger partial charge in [0.2, 0.25) is 10.0 Å². The molecule has 144 valence electrons. The van der Waals surface area contributed by atoms with Crippen LogP contribution in [0.4, 0.5) is 0 Å². The molecule has 0 bridgehead atoms. The predicted octanol–water partition coefficient (Wildman–Crippen LogP) is 0.992. The lowest BCUT2D eigenvalue weighted by atomic mass is 10.0. The first-order valence-electron chi connectivity index (χ1n) is 8.88. The van der Waals surface area contributed by atoms with E-state index in [0.29, 0.717) is 32.0 Å². The van der Waals surface area contributed by atoms with Crippen molar-refractivity contribution < 1.29 is 23.1 Å². The lowest BCUT2D eigenvalue weighted by Crippen LogP contribution is -2.38. The molecule has 26 heavy (non-hydrogen) atoms. The van der Waals surface area contributed by atoms with Crippen LogP contribution in [0.1, 0.15) is 36.7 Å². The maximum atomic E-state index is 12.9. The topological polar surface area (TPSA) is 99.9 Å². The minimum Gasteiger partial charge on any atom is -0.481 e. The number of aryl methyl sites for hydroxylation is 1. The monoisotopic (exact) mass is 383 g/mol. The van der Waals surface area contributed by atoms with Crippen LogP contribution in [-0.2, 0) is 21.9 Å². The molecule has 3 rings (SSSR count). The zero-order valence-corrected chi connectivity index (χ0v) is 15.9. The van der Waals surface area contributed by atoms with Crippen molar-refractivity contribution in [1.29, 1.82) is 0 Å².